The molecular weight excluding hydrogens is 466 g/mol. The summed E-state index contributed by atoms with van der Waals surface area (Å²) in [6.45, 7) is 7.50. The van der Waals surface area contributed by atoms with Gasteiger partial charge in [-0.05, 0) is 50.6 Å². The van der Waals surface area contributed by atoms with E-state index in [-0.39, 0.29) is 12.4 Å². The van der Waals surface area contributed by atoms with Gasteiger partial charge in [-0.1, -0.05) is 45.9 Å². The van der Waals surface area contributed by atoms with Gasteiger partial charge in [0.1, 0.15) is 6.61 Å². The van der Waals surface area contributed by atoms with Gasteiger partial charge in [-0.2, -0.15) is 0 Å². The highest BCUT2D eigenvalue weighted by molar-refractivity contribution is 9.10. The minimum Gasteiger partial charge on any atom is -0.490 e. The van der Waals surface area contributed by atoms with Gasteiger partial charge in [0.2, 0.25) is 0 Å². The first kappa shape index (κ1) is 22.4. The molecule has 0 amide bonds. The molecule has 0 spiro atoms. The molecule has 1 aromatic heterocycles. The molecule has 0 fully saturated rings. The molecule has 0 aliphatic heterocycles. The van der Waals surface area contributed by atoms with Crippen LogP contribution in [0.3, 0.4) is 0 Å². The van der Waals surface area contributed by atoms with Gasteiger partial charge in [0.25, 0.3) is 0 Å². The summed E-state index contributed by atoms with van der Waals surface area (Å²) in [7, 11) is 0. The predicted molar refractivity (Wildman–Crippen MR) is 122 cm³/mol. The second kappa shape index (κ2) is 10.6. The van der Waals surface area contributed by atoms with Crippen LogP contribution in [0.2, 0.25) is 0 Å². The summed E-state index contributed by atoms with van der Waals surface area (Å²) in [6.07, 6.45) is 0. The fourth-order valence-electron chi connectivity index (χ4n) is 2.84. The summed E-state index contributed by atoms with van der Waals surface area (Å²) in [4.78, 5) is 12.4. The van der Waals surface area contributed by atoms with E-state index in [0.29, 0.717) is 41.2 Å². The third-order valence-electron chi connectivity index (χ3n) is 4.36. The van der Waals surface area contributed by atoms with Crippen molar-refractivity contribution in [2.45, 2.75) is 39.1 Å². The highest BCUT2D eigenvalue weighted by Crippen LogP contribution is 2.29. The third kappa shape index (κ3) is 5.64. The van der Waals surface area contributed by atoms with Crippen molar-refractivity contribution in [2.24, 2.45) is 0 Å². The van der Waals surface area contributed by atoms with E-state index < -0.39 is 0 Å². The number of rotatable bonds is 10. The van der Waals surface area contributed by atoms with Crippen molar-refractivity contribution in [3.8, 4) is 11.5 Å². The Morgan fingerprint density at radius 3 is 2.53 bits per heavy atom. The van der Waals surface area contributed by atoms with Gasteiger partial charge in [0.15, 0.2) is 28.3 Å². The summed E-state index contributed by atoms with van der Waals surface area (Å²) in [5.74, 6) is 2.45. The molecule has 158 valence electrons. The molecule has 0 saturated carbocycles. The van der Waals surface area contributed by atoms with Crippen molar-refractivity contribution in [3.63, 3.8) is 0 Å². The van der Waals surface area contributed by atoms with Gasteiger partial charge in [0, 0.05) is 16.6 Å². The molecule has 0 aliphatic rings. The fraction of sp³-hybridized carbons (Fsp3) is 0.318. The maximum atomic E-state index is 12.4. The Morgan fingerprint density at radius 2 is 1.83 bits per heavy atom. The van der Waals surface area contributed by atoms with Crippen molar-refractivity contribution in [1.82, 2.24) is 14.8 Å². The summed E-state index contributed by atoms with van der Waals surface area (Å²) < 4.78 is 14.5. The van der Waals surface area contributed by atoms with E-state index in [1.54, 1.807) is 0 Å². The van der Waals surface area contributed by atoms with Gasteiger partial charge < -0.3 is 14.0 Å². The average molecular weight is 490 g/mol. The quantitative estimate of drug-likeness (QED) is 0.283. The molecule has 0 bridgehead atoms. The topological polar surface area (TPSA) is 66.2 Å². The number of carbonyl (C=O) groups is 1. The van der Waals surface area contributed by atoms with E-state index in [4.69, 9.17) is 9.47 Å². The molecule has 0 saturated heterocycles. The molecule has 1 heterocycles. The predicted octanol–water partition coefficient (Wildman–Crippen LogP) is 5.32. The number of thioether (sulfide) groups is 1. The van der Waals surface area contributed by atoms with Crippen LogP contribution in [0.1, 0.15) is 35.6 Å². The average Bonchev–Trinajstić information content (AvgIpc) is 3.14. The number of hydrogen-bond donors (Lipinski definition) is 0. The molecular formula is C22H24BrN3O3S. The second-order valence-electron chi connectivity index (χ2n) is 6.53. The number of ether oxygens (including phenoxy) is 2. The lowest BCUT2D eigenvalue weighted by Crippen LogP contribution is -2.09. The molecule has 0 unspecified atom stereocenters. The number of aromatic nitrogens is 3. The Morgan fingerprint density at radius 1 is 1.07 bits per heavy atom. The Kier molecular flexibility index (Phi) is 7.93. The number of halogens is 1. The SMILES string of the molecule is CCOc1cc(C)ccc1OCc1nnc(SCC(=O)c2ccc(Br)cc2)n1CC. The van der Waals surface area contributed by atoms with Crippen molar-refractivity contribution < 1.29 is 14.3 Å². The lowest BCUT2D eigenvalue weighted by Gasteiger charge is -2.13. The van der Waals surface area contributed by atoms with Crippen molar-refractivity contribution in [2.75, 3.05) is 12.4 Å². The lowest BCUT2D eigenvalue weighted by atomic mass is 10.2. The van der Waals surface area contributed by atoms with Crippen molar-refractivity contribution in [3.05, 3.63) is 63.9 Å². The standard InChI is InChI=1S/C22H24BrN3O3S/c1-4-26-21(13-29-19-11-6-15(3)12-20(19)28-5-2)24-25-22(26)30-14-18(27)16-7-9-17(23)10-8-16/h6-12H,4-5,13-14H2,1-3H3. The number of Topliss-reactive ketones (excluding diaryl/α,β-unsaturated/α-hetero) is 1. The Bertz CT molecular complexity index is 1010. The number of ketones is 1. The van der Waals surface area contributed by atoms with Crippen LogP contribution in [-0.2, 0) is 13.2 Å². The van der Waals surface area contributed by atoms with E-state index >= 15 is 0 Å². The van der Waals surface area contributed by atoms with E-state index in [2.05, 4.69) is 26.1 Å². The molecule has 6 nitrogen and oxygen atoms in total. The van der Waals surface area contributed by atoms with Crippen LogP contribution in [0.25, 0.3) is 0 Å². The van der Waals surface area contributed by atoms with Gasteiger partial charge >= 0.3 is 0 Å². The first-order valence-corrected chi connectivity index (χ1v) is 11.5. The number of nitrogens with zero attached hydrogens (tertiary/aromatic N) is 3. The summed E-state index contributed by atoms with van der Waals surface area (Å²) in [6, 6.07) is 13.2. The summed E-state index contributed by atoms with van der Waals surface area (Å²) in [5.41, 5.74) is 1.79. The zero-order valence-electron chi connectivity index (χ0n) is 17.2. The van der Waals surface area contributed by atoms with Crippen LogP contribution in [0.4, 0.5) is 0 Å². The van der Waals surface area contributed by atoms with Crippen molar-refractivity contribution >= 4 is 33.5 Å². The van der Waals surface area contributed by atoms with Gasteiger partial charge in [0.05, 0.1) is 12.4 Å². The highest BCUT2D eigenvalue weighted by atomic mass is 79.9. The molecule has 0 aliphatic carbocycles. The normalized spacial score (nSPS) is 10.8. The molecule has 2 aromatic carbocycles. The van der Waals surface area contributed by atoms with E-state index in [9.17, 15) is 4.79 Å². The van der Waals surface area contributed by atoms with E-state index in [1.165, 1.54) is 11.8 Å². The first-order chi connectivity index (χ1) is 14.5. The molecule has 3 rings (SSSR count). The highest BCUT2D eigenvalue weighted by Gasteiger charge is 2.15. The fourth-order valence-corrected chi connectivity index (χ4v) is 4.02. The second-order valence-corrected chi connectivity index (χ2v) is 8.39. The Labute approximate surface area is 189 Å². The molecule has 0 atom stereocenters. The number of hydrogen-bond acceptors (Lipinski definition) is 6. The minimum absolute atomic E-state index is 0.0527. The Hall–Kier alpha value is -2.32. The van der Waals surface area contributed by atoms with Crippen LogP contribution in [0.5, 0.6) is 11.5 Å². The van der Waals surface area contributed by atoms with Crippen LogP contribution < -0.4 is 9.47 Å². The van der Waals surface area contributed by atoms with Gasteiger partial charge in [-0.3, -0.25) is 4.79 Å². The number of carbonyl (C=O) groups excluding carboxylic acids is 1. The molecule has 3 aromatic rings. The van der Waals surface area contributed by atoms with E-state index in [0.717, 1.165) is 15.8 Å². The van der Waals surface area contributed by atoms with E-state index in [1.807, 2.05) is 67.8 Å². The van der Waals surface area contributed by atoms with Gasteiger partial charge in [-0.25, -0.2) is 0 Å². The first-order valence-electron chi connectivity index (χ1n) is 9.71. The molecule has 0 N–H and O–H groups in total. The van der Waals surface area contributed by atoms with Gasteiger partial charge in [-0.15, -0.1) is 10.2 Å². The van der Waals surface area contributed by atoms with Crippen LogP contribution in [0, 0.1) is 6.92 Å². The van der Waals surface area contributed by atoms with Crippen LogP contribution >= 0.6 is 27.7 Å². The monoisotopic (exact) mass is 489 g/mol. The van der Waals surface area contributed by atoms with Crippen molar-refractivity contribution in [1.29, 1.82) is 0 Å². The molecule has 0 radical (unpaired) electrons. The maximum absolute atomic E-state index is 12.4. The maximum Gasteiger partial charge on any atom is 0.191 e. The molecule has 30 heavy (non-hydrogen) atoms. The molecule has 8 heteroatoms. The summed E-state index contributed by atoms with van der Waals surface area (Å²) in [5, 5.41) is 9.23. The largest absolute Gasteiger partial charge is 0.490 e. The Balaban J connectivity index is 1.65. The lowest BCUT2D eigenvalue weighted by molar-refractivity contribution is 0.102. The van der Waals surface area contributed by atoms with Crippen LogP contribution in [-0.4, -0.2) is 32.9 Å². The number of aryl methyl sites for hydroxylation is 1. The smallest absolute Gasteiger partial charge is 0.191 e. The summed E-state index contributed by atoms with van der Waals surface area (Å²) >= 11 is 4.76. The van der Waals surface area contributed by atoms with Crippen LogP contribution in [0.15, 0.2) is 52.1 Å². The third-order valence-corrected chi connectivity index (χ3v) is 5.86. The zero-order chi connectivity index (χ0) is 21.5. The zero-order valence-corrected chi connectivity index (χ0v) is 19.6. The number of benzene rings is 2. The minimum atomic E-state index is 0.0527.